The lowest BCUT2D eigenvalue weighted by Crippen LogP contribution is -2.41. The molecular formula is C9H18N2O. The molecule has 70 valence electrons. The van der Waals surface area contributed by atoms with Gasteiger partial charge >= 0.3 is 0 Å². The van der Waals surface area contributed by atoms with E-state index in [-0.39, 0.29) is 11.9 Å². The maximum absolute atomic E-state index is 11.3. The van der Waals surface area contributed by atoms with Gasteiger partial charge < -0.3 is 11.1 Å². The van der Waals surface area contributed by atoms with E-state index < -0.39 is 0 Å². The van der Waals surface area contributed by atoms with Gasteiger partial charge in [0, 0.05) is 6.04 Å². The summed E-state index contributed by atoms with van der Waals surface area (Å²) in [5, 5.41) is 2.92. The highest BCUT2D eigenvalue weighted by atomic mass is 16.2. The average Bonchev–Trinajstić information content (AvgIpc) is 2.67. The molecule has 0 heterocycles. The smallest absolute Gasteiger partial charge is 0.237 e. The standard InChI is InChI=1S/C9H18N2O/c1-3-4-7(10)9(12)11-8-5-6(8)2/h6-8H,3-5,10H2,1-2H3,(H,11,12)/t6?,7-,8?/m1/s1. The van der Waals surface area contributed by atoms with Crippen molar-refractivity contribution < 1.29 is 4.79 Å². The fraction of sp³-hybridized carbons (Fsp3) is 0.889. The van der Waals surface area contributed by atoms with Crippen molar-refractivity contribution in [2.75, 3.05) is 0 Å². The molecule has 1 rings (SSSR count). The molecule has 0 aliphatic heterocycles. The van der Waals surface area contributed by atoms with Gasteiger partial charge in [-0.15, -0.1) is 0 Å². The Morgan fingerprint density at radius 3 is 2.75 bits per heavy atom. The van der Waals surface area contributed by atoms with Crippen LogP contribution in [0.25, 0.3) is 0 Å². The molecule has 3 atom stereocenters. The maximum atomic E-state index is 11.3. The number of amides is 1. The highest BCUT2D eigenvalue weighted by Gasteiger charge is 2.34. The van der Waals surface area contributed by atoms with E-state index in [0.29, 0.717) is 12.0 Å². The zero-order chi connectivity index (χ0) is 9.14. The fourth-order valence-electron chi connectivity index (χ4n) is 1.26. The monoisotopic (exact) mass is 170 g/mol. The minimum atomic E-state index is -0.303. The zero-order valence-corrected chi connectivity index (χ0v) is 7.84. The average molecular weight is 170 g/mol. The van der Waals surface area contributed by atoms with Gasteiger partial charge in [-0.1, -0.05) is 20.3 Å². The Hall–Kier alpha value is -0.570. The van der Waals surface area contributed by atoms with E-state index in [2.05, 4.69) is 12.2 Å². The van der Waals surface area contributed by atoms with Gasteiger partial charge in [-0.2, -0.15) is 0 Å². The van der Waals surface area contributed by atoms with E-state index in [1.165, 1.54) is 0 Å². The summed E-state index contributed by atoms with van der Waals surface area (Å²) in [7, 11) is 0. The predicted octanol–water partition coefficient (Wildman–Crippen LogP) is 0.638. The summed E-state index contributed by atoms with van der Waals surface area (Å²) in [6.07, 6.45) is 2.87. The minimum absolute atomic E-state index is 0.0196. The van der Waals surface area contributed by atoms with E-state index in [1.54, 1.807) is 0 Å². The number of nitrogens with two attached hydrogens (primary N) is 1. The molecule has 0 saturated heterocycles. The van der Waals surface area contributed by atoms with Gasteiger partial charge in [0.05, 0.1) is 6.04 Å². The van der Waals surface area contributed by atoms with Crippen LogP contribution in [0.2, 0.25) is 0 Å². The lowest BCUT2D eigenvalue weighted by atomic mass is 10.2. The Morgan fingerprint density at radius 1 is 1.75 bits per heavy atom. The van der Waals surface area contributed by atoms with Gasteiger partial charge in [-0.05, 0) is 18.8 Å². The van der Waals surface area contributed by atoms with Gasteiger partial charge in [0.1, 0.15) is 0 Å². The molecule has 0 aromatic rings. The number of hydrogen-bond acceptors (Lipinski definition) is 2. The zero-order valence-electron chi connectivity index (χ0n) is 7.84. The lowest BCUT2D eigenvalue weighted by Gasteiger charge is -2.10. The summed E-state index contributed by atoms with van der Waals surface area (Å²) < 4.78 is 0. The van der Waals surface area contributed by atoms with Crippen molar-refractivity contribution in [3.8, 4) is 0 Å². The number of rotatable bonds is 4. The van der Waals surface area contributed by atoms with Crippen LogP contribution in [0, 0.1) is 5.92 Å². The van der Waals surface area contributed by atoms with E-state index in [0.717, 1.165) is 19.3 Å². The molecule has 1 fully saturated rings. The Bertz CT molecular complexity index is 170. The topological polar surface area (TPSA) is 55.1 Å². The van der Waals surface area contributed by atoms with Crippen LogP contribution in [-0.4, -0.2) is 18.0 Å². The third-order valence-electron chi connectivity index (χ3n) is 2.37. The van der Waals surface area contributed by atoms with E-state index in [4.69, 9.17) is 5.73 Å². The van der Waals surface area contributed by atoms with Crippen molar-refractivity contribution in [1.82, 2.24) is 5.32 Å². The van der Waals surface area contributed by atoms with Crippen LogP contribution < -0.4 is 11.1 Å². The molecule has 0 aromatic heterocycles. The van der Waals surface area contributed by atoms with Crippen molar-refractivity contribution in [3.63, 3.8) is 0 Å². The molecule has 0 aromatic carbocycles. The number of carbonyl (C=O) groups excluding carboxylic acids is 1. The van der Waals surface area contributed by atoms with Crippen LogP contribution >= 0.6 is 0 Å². The quantitative estimate of drug-likeness (QED) is 0.650. The first-order valence-corrected chi connectivity index (χ1v) is 4.71. The summed E-state index contributed by atoms with van der Waals surface area (Å²) in [4.78, 5) is 11.3. The summed E-state index contributed by atoms with van der Waals surface area (Å²) >= 11 is 0. The maximum Gasteiger partial charge on any atom is 0.237 e. The molecule has 0 radical (unpaired) electrons. The van der Waals surface area contributed by atoms with Crippen LogP contribution in [0.15, 0.2) is 0 Å². The lowest BCUT2D eigenvalue weighted by molar-refractivity contribution is -0.122. The molecule has 1 aliphatic carbocycles. The molecule has 1 aliphatic rings. The Morgan fingerprint density at radius 2 is 2.33 bits per heavy atom. The number of hydrogen-bond donors (Lipinski definition) is 2. The van der Waals surface area contributed by atoms with Crippen LogP contribution in [0.3, 0.4) is 0 Å². The molecule has 12 heavy (non-hydrogen) atoms. The van der Waals surface area contributed by atoms with Gasteiger partial charge in [0.25, 0.3) is 0 Å². The van der Waals surface area contributed by atoms with Crippen molar-refractivity contribution in [2.45, 2.75) is 45.2 Å². The SMILES string of the molecule is CCC[C@@H](N)C(=O)NC1CC1C. The van der Waals surface area contributed by atoms with E-state index in [9.17, 15) is 4.79 Å². The highest BCUT2D eigenvalue weighted by Crippen LogP contribution is 2.28. The number of carbonyl (C=O) groups is 1. The van der Waals surface area contributed by atoms with Crippen molar-refractivity contribution in [2.24, 2.45) is 11.7 Å². The third-order valence-corrected chi connectivity index (χ3v) is 2.37. The molecule has 0 spiro atoms. The van der Waals surface area contributed by atoms with Crippen LogP contribution in [0.5, 0.6) is 0 Å². The molecular weight excluding hydrogens is 152 g/mol. The van der Waals surface area contributed by atoms with Gasteiger partial charge in [-0.3, -0.25) is 4.79 Å². The molecule has 3 nitrogen and oxygen atoms in total. The van der Waals surface area contributed by atoms with Crippen molar-refractivity contribution >= 4 is 5.91 Å². The summed E-state index contributed by atoms with van der Waals surface area (Å²) in [6.45, 7) is 4.17. The second-order valence-electron chi connectivity index (χ2n) is 3.72. The second-order valence-corrected chi connectivity index (χ2v) is 3.72. The summed E-state index contributed by atoms with van der Waals surface area (Å²) in [5.74, 6) is 0.675. The van der Waals surface area contributed by atoms with Crippen LogP contribution in [0.4, 0.5) is 0 Å². The Kier molecular flexibility index (Phi) is 3.09. The van der Waals surface area contributed by atoms with Crippen LogP contribution in [0.1, 0.15) is 33.1 Å². The molecule has 3 N–H and O–H groups in total. The first-order valence-electron chi connectivity index (χ1n) is 4.71. The summed E-state index contributed by atoms with van der Waals surface area (Å²) in [6, 6.07) is 0.100. The predicted molar refractivity (Wildman–Crippen MR) is 48.6 cm³/mol. The van der Waals surface area contributed by atoms with Crippen LogP contribution in [-0.2, 0) is 4.79 Å². The van der Waals surface area contributed by atoms with E-state index in [1.807, 2.05) is 6.92 Å². The molecule has 2 unspecified atom stereocenters. The Balaban J connectivity index is 2.18. The first-order chi connectivity index (χ1) is 5.65. The summed E-state index contributed by atoms with van der Waals surface area (Å²) in [5.41, 5.74) is 5.64. The van der Waals surface area contributed by atoms with Crippen molar-refractivity contribution in [3.05, 3.63) is 0 Å². The fourth-order valence-corrected chi connectivity index (χ4v) is 1.26. The first kappa shape index (κ1) is 9.52. The Labute approximate surface area is 73.7 Å². The molecule has 1 saturated carbocycles. The van der Waals surface area contributed by atoms with Gasteiger partial charge in [0.2, 0.25) is 5.91 Å². The third kappa shape index (κ3) is 2.48. The van der Waals surface area contributed by atoms with Crippen molar-refractivity contribution in [1.29, 1.82) is 0 Å². The van der Waals surface area contributed by atoms with Gasteiger partial charge in [0.15, 0.2) is 0 Å². The minimum Gasteiger partial charge on any atom is -0.352 e. The normalized spacial score (nSPS) is 29.6. The highest BCUT2D eigenvalue weighted by molar-refractivity contribution is 5.82. The molecule has 0 bridgehead atoms. The molecule has 3 heteroatoms. The largest absolute Gasteiger partial charge is 0.352 e. The van der Waals surface area contributed by atoms with Gasteiger partial charge in [-0.25, -0.2) is 0 Å². The number of nitrogens with one attached hydrogen (secondary N) is 1. The second kappa shape index (κ2) is 3.90. The van der Waals surface area contributed by atoms with E-state index >= 15 is 0 Å². The molecule has 1 amide bonds.